The summed E-state index contributed by atoms with van der Waals surface area (Å²) in [6, 6.07) is 28.4. The van der Waals surface area contributed by atoms with E-state index in [0.29, 0.717) is 32.6 Å². The van der Waals surface area contributed by atoms with Gasteiger partial charge in [0.25, 0.3) is 0 Å². The molecule has 1 saturated heterocycles. The molecule has 37 heavy (non-hydrogen) atoms. The van der Waals surface area contributed by atoms with Crippen LogP contribution in [0.3, 0.4) is 0 Å². The number of carbonyl (C=O) groups is 3. The minimum atomic E-state index is -0.699. The first-order chi connectivity index (χ1) is 18.1. The first-order valence-corrected chi connectivity index (χ1v) is 13.1. The Balaban J connectivity index is 1.35. The molecular formula is C31H33N3O3. The molecule has 3 aromatic carbocycles. The third-order valence-corrected chi connectivity index (χ3v) is 7.25. The number of benzene rings is 3. The number of piperazine rings is 1. The lowest BCUT2D eigenvalue weighted by Gasteiger charge is -2.37. The molecule has 2 fully saturated rings. The number of hydrogen-bond donors (Lipinski definition) is 1. The van der Waals surface area contributed by atoms with Crippen LogP contribution in [0, 0.1) is 5.92 Å². The molecule has 0 bridgehead atoms. The largest absolute Gasteiger partial charge is 0.343 e. The molecule has 1 atom stereocenters. The van der Waals surface area contributed by atoms with Crippen molar-refractivity contribution in [3.63, 3.8) is 0 Å². The van der Waals surface area contributed by atoms with Crippen LogP contribution in [-0.4, -0.2) is 59.7 Å². The van der Waals surface area contributed by atoms with E-state index < -0.39 is 12.0 Å². The molecule has 1 N–H and O–H groups in total. The van der Waals surface area contributed by atoms with Crippen molar-refractivity contribution >= 4 is 17.7 Å². The maximum absolute atomic E-state index is 13.8. The lowest BCUT2D eigenvalue weighted by atomic mass is 9.90. The van der Waals surface area contributed by atoms with Crippen LogP contribution in [0.15, 0.2) is 91.0 Å². The summed E-state index contributed by atoms with van der Waals surface area (Å²) in [5.41, 5.74) is 2.74. The highest BCUT2D eigenvalue weighted by atomic mass is 16.2. The van der Waals surface area contributed by atoms with Gasteiger partial charge in [0, 0.05) is 38.5 Å². The summed E-state index contributed by atoms with van der Waals surface area (Å²) in [5.74, 6) is -0.429. The second-order valence-electron chi connectivity index (χ2n) is 9.93. The summed E-state index contributed by atoms with van der Waals surface area (Å²) in [6.07, 6.45) is 2.36. The second-order valence-corrected chi connectivity index (χ2v) is 9.93. The van der Waals surface area contributed by atoms with E-state index in [-0.39, 0.29) is 23.6 Å². The van der Waals surface area contributed by atoms with Gasteiger partial charge < -0.3 is 15.1 Å². The molecule has 0 radical (unpaired) electrons. The Bertz CT molecular complexity index is 1160. The first-order valence-electron chi connectivity index (χ1n) is 13.1. The maximum atomic E-state index is 13.8. The van der Waals surface area contributed by atoms with Crippen LogP contribution in [0.25, 0.3) is 0 Å². The van der Waals surface area contributed by atoms with Crippen molar-refractivity contribution < 1.29 is 14.4 Å². The lowest BCUT2D eigenvalue weighted by molar-refractivity contribution is -0.142. The van der Waals surface area contributed by atoms with Crippen molar-refractivity contribution in [2.75, 3.05) is 26.2 Å². The number of hydrogen-bond acceptors (Lipinski definition) is 3. The van der Waals surface area contributed by atoms with E-state index in [0.717, 1.165) is 29.5 Å². The van der Waals surface area contributed by atoms with Gasteiger partial charge in [0.15, 0.2) is 0 Å². The van der Waals surface area contributed by atoms with Crippen LogP contribution in [0.4, 0.5) is 0 Å². The fraction of sp³-hybridized carbons (Fsp3) is 0.323. The van der Waals surface area contributed by atoms with Crippen molar-refractivity contribution in [3.8, 4) is 0 Å². The van der Waals surface area contributed by atoms with Crippen molar-refractivity contribution in [1.82, 2.24) is 15.1 Å². The minimum absolute atomic E-state index is 0.101. The van der Waals surface area contributed by atoms with Gasteiger partial charge in [0.2, 0.25) is 17.7 Å². The van der Waals surface area contributed by atoms with E-state index in [2.05, 4.69) is 5.32 Å². The molecule has 3 aromatic rings. The normalized spacial score (nSPS) is 16.4. The molecule has 1 saturated carbocycles. The standard InChI is InChI=1S/C31H33N3O3/c35-29(28(24-12-6-2-7-13-24)25-14-8-3-9-15-25)32-27(22-23-10-4-1-5-11-23)31(37)34-20-18-33(19-21-34)30(36)26-16-17-26/h1-15,26-28H,16-22H2,(H,32,35)/t27-/m1/s1. The molecular weight excluding hydrogens is 462 g/mol. The SMILES string of the molecule is O=C(N[C@H](Cc1ccccc1)C(=O)N1CCN(C(=O)C2CC2)CC1)C(c1ccccc1)c1ccccc1. The summed E-state index contributed by atoms with van der Waals surface area (Å²) >= 11 is 0. The Morgan fingerprint density at radius 2 is 1.19 bits per heavy atom. The van der Waals surface area contributed by atoms with Crippen LogP contribution in [0.1, 0.15) is 35.4 Å². The highest BCUT2D eigenvalue weighted by Gasteiger charge is 2.36. The molecule has 5 rings (SSSR count). The quantitative estimate of drug-likeness (QED) is 0.519. The van der Waals surface area contributed by atoms with E-state index >= 15 is 0 Å². The number of nitrogens with one attached hydrogen (secondary N) is 1. The highest BCUT2D eigenvalue weighted by molar-refractivity contribution is 5.92. The fourth-order valence-electron chi connectivity index (χ4n) is 5.05. The van der Waals surface area contributed by atoms with Crippen molar-refractivity contribution in [2.45, 2.75) is 31.2 Å². The van der Waals surface area contributed by atoms with E-state index in [1.165, 1.54) is 0 Å². The third-order valence-electron chi connectivity index (χ3n) is 7.25. The van der Waals surface area contributed by atoms with E-state index in [9.17, 15) is 14.4 Å². The number of nitrogens with zero attached hydrogens (tertiary/aromatic N) is 2. The van der Waals surface area contributed by atoms with Crippen molar-refractivity contribution in [1.29, 1.82) is 0 Å². The Hall–Kier alpha value is -3.93. The maximum Gasteiger partial charge on any atom is 0.245 e. The predicted molar refractivity (Wildman–Crippen MR) is 143 cm³/mol. The van der Waals surface area contributed by atoms with Crippen LogP contribution >= 0.6 is 0 Å². The first kappa shape index (κ1) is 24.8. The van der Waals surface area contributed by atoms with Crippen molar-refractivity contribution in [3.05, 3.63) is 108 Å². The summed E-state index contributed by atoms with van der Waals surface area (Å²) in [6.45, 7) is 2.06. The number of carbonyl (C=O) groups excluding carboxylic acids is 3. The van der Waals surface area contributed by atoms with Gasteiger partial charge in [-0.15, -0.1) is 0 Å². The molecule has 1 aliphatic carbocycles. The molecule has 2 aliphatic rings. The monoisotopic (exact) mass is 495 g/mol. The summed E-state index contributed by atoms with van der Waals surface area (Å²) in [5, 5.41) is 3.11. The number of amides is 3. The Morgan fingerprint density at radius 3 is 1.70 bits per heavy atom. The van der Waals surface area contributed by atoms with E-state index in [4.69, 9.17) is 0 Å². The average Bonchev–Trinajstić information content (AvgIpc) is 3.80. The fourth-order valence-corrected chi connectivity index (χ4v) is 5.05. The van der Waals surface area contributed by atoms with Gasteiger partial charge in [-0.3, -0.25) is 14.4 Å². The zero-order valence-electron chi connectivity index (χ0n) is 21.0. The Morgan fingerprint density at radius 1 is 0.703 bits per heavy atom. The van der Waals surface area contributed by atoms with Crippen LogP contribution in [-0.2, 0) is 20.8 Å². The Labute approximate surface area is 218 Å². The average molecular weight is 496 g/mol. The van der Waals surface area contributed by atoms with E-state index in [1.807, 2.05) is 95.9 Å². The van der Waals surface area contributed by atoms with Crippen LogP contribution < -0.4 is 5.32 Å². The predicted octanol–water partition coefficient (Wildman–Crippen LogP) is 3.63. The Kier molecular flexibility index (Phi) is 7.64. The summed E-state index contributed by atoms with van der Waals surface area (Å²) < 4.78 is 0. The molecule has 0 unspecified atom stereocenters. The van der Waals surface area contributed by atoms with Gasteiger partial charge in [-0.05, 0) is 29.5 Å². The zero-order chi connectivity index (χ0) is 25.6. The minimum Gasteiger partial charge on any atom is -0.343 e. The van der Waals surface area contributed by atoms with Gasteiger partial charge in [-0.1, -0.05) is 91.0 Å². The molecule has 3 amide bonds. The van der Waals surface area contributed by atoms with Gasteiger partial charge >= 0.3 is 0 Å². The molecule has 0 aromatic heterocycles. The van der Waals surface area contributed by atoms with Gasteiger partial charge in [0.1, 0.15) is 6.04 Å². The van der Waals surface area contributed by atoms with Gasteiger partial charge in [0.05, 0.1) is 5.92 Å². The summed E-state index contributed by atoms with van der Waals surface area (Å²) in [7, 11) is 0. The molecule has 1 aliphatic heterocycles. The van der Waals surface area contributed by atoms with Crippen LogP contribution in [0.5, 0.6) is 0 Å². The molecule has 190 valence electrons. The van der Waals surface area contributed by atoms with E-state index in [1.54, 1.807) is 4.90 Å². The van der Waals surface area contributed by atoms with Crippen molar-refractivity contribution in [2.24, 2.45) is 5.92 Å². The molecule has 1 heterocycles. The second kappa shape index (κ2) is 11.4. The zero-order valence-corrected chi connectivity index (χ0v) is 21.0. The third kappa shape index (κ3) is 6.08. The number of rotatable bonds is 8. The van der Waals surface area contributed by atoms with Gasteiger partial charge in [-0.2, -0.15) is 0 Å². The highest BCUT2D eigenvalue weighted by Crippen LogP contribution is 2.31. The van der Waals surface area contributed by atoms with Crippen LogP contribution in [0.2, 0.25) is 0 Å². The molecule has 6 heteroatoms. The lowest BCUT2D eigenvalue weighted by Crippen LogP contribution is -2.57. The van der Waals surface area contributed by atoms with Gasteiger partial charge in [-0.25, -0.2) is 0 Å². The smallest absolute Gasteiger partial charge is 0.245 e. The molecule has 6 nitrogen and oxygen atoms in total. The summed E-state index contributed by atoms with van der Waals surface area (Å²) in [4.78, 5) is 43.7. The molecule has 0 spiro atoms. The topological polar surface area (TPSA) is 69.7 Å².